The summed E-state index contributed by atoms with van der Waals surface area (Å²) in [7, 11) is 3.27. The Morgan fingerprint density at radius 1 is 1.14 bits per heavy atom. The molecular weight excluding hydrogens is 298 g/mol. The Morgan fingerprint density at radius 2 is 1.95 bits per heavy atom. The lowest BCUT2D eigenvalue weighted by Gasteiger charge is -2.11. The number of fused-ring (bicyclic) bond motifs is 1. The van der Waals surface area contributed by atoms with E-state index in [0.29, 0.717) is 6.54 Å². The van der Waals surface area contributed by atoms with Crippen molar-refractivity contribution < 1.29 is 9.47 Å². The largest absolute Gasteiger partial charge is 0.493 e. The first-order valence-electron chi connectivity index (χ1n) is 6.86. The molecule has 1 N–H and O–H groups in total. The monoisotopic (exact) mass is 315 g/mol. The average Bonchev–Trinajstić information content (AvgIpc) is 2.94. The van der Waals surface area contributed by atoms with E-state index in [1.165, 1.54) is 5.56 Å². The number of nitrogens with one attached hydrogen (secondary N) is 1. The van der Waals surface area contributed by atoms with Gasteiger partial charge in [0.1, 0.15) is 17.0 Å². The van der Waals surface area contributed by atoms with Crippen LogP contribution in [0.25, 0.3) is 10.2 Å². The molecule has 0 saturated heterocycles. The van der Waals surface area contributed by atoms with E-state index in [1.54, 1.807) is 31.9 Å². The van der Waals surface area contributed by atoms with Gasteiger partial charge in [0, 0.05) is 6.54 Å². The number of aromatic nitrogens is 2. The molecular formula is C16H17N3O2S. The lowest BCUT2D eigenvalue weighted by atomic mass is 10.2. The minimum Gasteiger partial charge on any atom is -0.493 e. The Balaban J connectivity index is 1.84. The highest BCUT2D eigenvalue weighted by molar-refractivity contribution is 7.17. The standard InChI is InChI=1S/C16H17N3O2S/c1-10-8-22-16-14(10)15(18-9-19-16)17-7-11-4-5-12(20-2)13(6-11)21-3/h4-6,8-9H,7H2,1-3H3,(H,17,18,19). The van der Waals surface area contributed by atoms with Gasteiger partial charge in [-0.3, -0.25) is 0 Å². The van der Waals surface area contributed by atoms with Gasteiger partial charge in [-0.05, 0) is 35.6 Å². The number of hydrogen-bond acceptors (Lipinski definition) is 6. The lowest BCUT2D eigenvalue weighted by Crippen LogP contribution is -2.03. The molecule has 0 radical (unpaired) electrons. The van der Waals surface area contributed by atoms with E-state index in [9.17, 15) is 0 Å². The van der Waals surface area contributed by atoms with E-state index in [4.69, 9.17) is 9.47 Å². The summed E-state index contributed by atoms with van der Waals surface area (Å²) in [6.45, 7) is 2.73. The van der Waals surface area contributed by atoms with Crippen LogP contribution in [0.3, 0.4) is 0 Å². The van der Waals surface area contributed by atoms with Crippen molar-refractivity contribution in [3.63, 3.8) is 0 Å². The van der Waals surface area contributed by atoms with Crippen molar-refractivity contribution in [3.8, 4) is 11.5 Å². The van der Waals surface area contributed by atoms with Crippen LogP contribution < -0.4 is 14.8 Å². The van der Waals surface area contributed by atoms with Gasteiger partial charge in [0.25, 0.3) is 0 Å². The SMILES string of the molecule is COc1ccc(CNc2ncnc3scc(C)c23)cc1OC. The molecule has 6 heteroatoms. The molecule has 2 heterocycles. The molecule has 22 heavy (non-hydrogen) atoms. The summed E-state index contributed by atoms with van der Waals surface area (Å²) in [6, 6.07) is 5.87. The number of rotatable bonds is 5. The van der Waals surface area contributed by atoms with Crippen molar-refractivity contribution in [2.45, 2.75) is 13.5 Å². The van der Waals surface area contributed by atoms with Crippen LogP contribution in [0.1, 0.15) is 11.1 Å². The summed E-state index contributed by atoms with van der Waals surface area (Å²) in [5.41, 5.74) is 2.28. The van der Waals surface area contributed by atoms with Gasteiger partial charge >= 0.3 is 0 Å². The molecule has 114 valence electrons. The first-order valence-corrected chi connectivity index (χ1v) is 7.74. The molecule has 0 aliphatic heterocycles. The van der Waals surface area contributed by atoms with Crippen LogP contribution in [0.2, 0.25) is 0 Å². The lowest BCUT2D eigenvalue weighted by molar-refractivity contribution is 0.354. The summed E-state index contributed by atoms with van der Waals surface area (Å²) in [4.78, 5) is 9.66. The van der Waals surface area contributed by atoms with Crippen LogP contribution in [0.15, 0.2) is 29.9 Å². The zero-order valence-electron chi connectivity index (χ0n) is 12.7. The van der Waals surface area contributed by atoms with Crippen LogP contribution >= 0.6 is 11.3 Å². The smallest absolute Gasteiger partial charge is 0.161 e. The van der Waals surface area contributed by atoms with Crippen molar-refractivity contribution >= 4 is 27.4 Å². The van der Waals surface area contributed by atoms with Gasteiger partial charge in [0.05, 0.1) is 19.6 Å². The Bertz CT molecular complexity index is 801. The van der Waals surface area contributed by atoms with Gasteiger partial charge in [-0.1, -0.05) is 6.07 Å². The van der Waals surface area contributed by atoms with Crippen molar-refractivity contribution in [1.82, 2.24) is 9.97 Å². The maximum atomic E-state index is 5.33. The van der Waals surface area contributed by atoms with E-state index in [-0.39, 0.29) is 0 Å². The Labute approximate surface area is 132 Å². The second kappa shape index (κ2) is 6.19. The van der Waals surface area contributed by atoms with Crippen LogP contribution in [0.5, 0.6) is 11.5 Å². The molecule has 0 amide bonds. The first-order chi connectivity index (χ1) is 10.7. The van der Waals surface area contributed by atoms with Crippen LogP contribution in [-0.4, -0.2) is 24.2 Å². The van der Waals surface area contributed by atoms with Crippen molar-refractivity contribution in [2.24, 2.45) is 0 Å². The van der Waals surface area contributed by atoms with Crippen molar-refractivity contribution in [1.29, 1.82) is 0 Å². The second-order valence-electron chi connectivity index (χ2n) is 4.86. The van der Waals surface area contributed by atoms with Gasteiger partial charge in [0.2, 0.25) is 0 Å². The Kier molecular flexibility index (Phi) is 4.11. The van der Waals surface area contributed by atoms with Crippen LogP contribution in [-0.2, 0) is 6.54 Å². The summed E-state index contributed by atoms with van der Waals surface area (Å²) in [5, 5.41) is 6.57. The molecule has 3 aromatic rings. The zero-order valence-corrected chi connectivity index (χ0v) is 13.5. The number of hydrogen-bond donors (Lipinski definition) is 1. The third-order valence-electron chi connectivity index (χ3n) is 3.46. The number of thiophene rings is 1. The molecule has 0 bridgehead atoms. The fraction of sp³-hybridized carbons (Fsp3) is 0.250. The highest BCUT2D eigenvalue weighted by atomic mass is 32.1. The fourth-order valence-electron chi connectivity index (χ4n) is 2.33. The van der Waals surface area contributed by atoms with Gasteiger partial charge < -0.3 is 14.8 Å². The molecule has 0 fully saturated rings. The van der Waals surface area contributed by atoms with E-state index in [2.05, 4.69) is 27.6 Å². The molecule has 5 nitrogen and oxygen atoms in total. The van der Waals surface area contributed by atoms with E-state index in [0.717, 1.165) is 33.1 Å². The maximum absolute atomic E-state index is 5.33. The minimum absolute atomic E-state index is 0.655. The molecule has 0 unspecified atom stereocenters. The summed E-state index contributed by atoms with van der Waals surface area (Å²) in [5.74, 6) is 2.31. The van der Waals surface area contributed by atoms with E-state index >= 15 is 0 Å². The minimum atomic E-state index is 0.655. The zero-order chi connectivity index (χ0) is 15.5. The summed E-state index contributed by atoms with van der Waals surface area (Å²) < 4.78 is 10.6. The van der Waals surface area contributed by atoms with Crippen LogP contribution in [0, 0.1) is 6.92 Å². The average molecular weight is 315 g/mol. The first kappa shape index (κ1) is 14.6. The molecule has 0 spiro atoms. The molecule has 0 atom stereocenters. The molecule has 0 aliphatic carbocycles. The molecule has 0 saturated carbocycles. The normalized spacial score (nSPS) is 10.7. The fourth-order valence-corrected chi connectivity index (χ4v) is 3.22. The van der Waals surface area contributed by atoms with Gasteiger partial charge in [-0.15, -0.1) is 11.3 Å². The predicted molar refractivity (Wildman–Crippen MR) is 89.0 cm³/mol. The molecule has 1 aromatic carbocycles. The molecule has 2 aromatic heterocycles. The highest BCUT2D eigenvalue weighted by Crippen LogP contribution is 2.30. The summed E-state index contributed by atoms with van der Waals surface area (Å²) in [6.07, 6.45) is 1.59. The second-order valence-corrected chi connectivity index (χ2v) is 5.72. The van der Waals surface area contributed by atoms with Gasteiger partial charge in [-0.2, -0.15) is 0 Å². The van der Waals surface area contributed by atoms with Crippen molar-refractivity contribution in [2.75, 3.05) is 19.5 Å². The number of nitrogens with zero attached hydrogens (tertiary/aromatic N) is 2. The number of benzene rings is 1. The molecule has 0 aliphatic rings. The number of aryl methyl sites for hydroxylation is 1. The quantitative estimate of drug-likeness (QED) is 0.779. The highest BCUT2D eigenvalue weighted by Gasteiger charge is 2.09. The number of methoxy groups -OCH3 is 2. The van der Waals surface area contributed by atoms with Crippen LogP contribution in [0.4, 0.5) is 5.82 Å². The van der Waals surface area contributed by atoms with E-state index in [1.807, 2.05) is 18.2 Å². The number of anilines is 1. The van der Waals surface area contributed by atoms with Gasteiger partial charge in [0.15, 0.2) is 11.5 Å². The third kappa shape index (κ3) is 2.69. The summed E-state index contributed by atoms with van der Waals surface area (Å²) >= 11 is 1.63. The van der Waals surface area contributed by atoms with Crippen molar-refractivity contribution in [3.05, 3.63) is 41.0 Å². The third-order valence-corrected chi connectivity index (χ3v) is 4.47. The van der Waals surface area contributed by atoms with Gasteiger partial charge in [-0.25, -0.2) is 9.97 Å². The predicted octanol–water partition coefficient (Wildman–Crippen LogP) is 3.63. The van der Waals surface area contributed by atoms with E-state index < -0.39 is 0 Å². The Morgan fingerprint density at radius 3 is 2.73 bits per heavy atom. The maximum Gasteiger partial charge on any atom is 0.161 e. The number of ether oxygens (including phenoxy) is 2. The molecule has 3 rings (SSSR count). The Hall–Kier alpha value is -2.34. The topological polar surface area (TPSA) is 56.3 Å².